The van der Waals surface area contributed by atoms with E-state index < -0.39 is 11.7 Å². The molecule has 1 aromatic carbocycles. The van der Waals surface area contributed by atoms with Crippen LogP contribution in [-0.2, 0) is 6.18 Å². The Bertz CT molecular complexity index is 965. The average molecular weight is 507 g/mol. The van der Waals surface area contributed by atoms with Crippen molar-refractivity contribution in [2.75, 3.05) is 16.4 Å². The molecule has 2 aromatic heterocycles. The van der Waals surface area contributed by atoms with E-state index in [4.69, 9.17) is 17.3 Å². The summed E-state index contributed by atoms with van der Waals surface area (Å²) in [5.41, 5.74) is 6.03. The number of pyridine rings is 1. The summed E-state index contributed by atoms with van der Waals surface area (Å²) in [6.07, 6.45) is -2.60. The lowest BCUT2D eigenvalue weighted by Gasteiger charge is -2.14. The topological polar surface area (TPSA) is 88.8 Å². The molecule has 6 nitrogen and oxygen atoms in total. The van der Waals surface area contributed by atoms with Crippen LogP contribution >= 0.6 is 34.2 Å². The highest BCUT2D eigenvalue weighted by atomic mass is 127. The summed E-state index contributed by atoms with van der Waals surface area (Å²) in [7, 11) is 0. The molecule has 3 aromatic rings. The van der Waals surface area contributed by atoms with Crippen molar-refractivity contribution >= 4 is 63.0 Å². The van der Waals surface area contributed by atoms with Crippen molar-refractivity contribution < 1.29 is 13.2 Å². The highest BCUT2D eigenvalue weighted by molar-refractivity contribution is 14.1. The zero-order valence-electron chi connectivity index (χ0n) is 13.4. The van der Waals surface area contributed by atoms with E-state index in [1.807, 2.05) is 24.3 Å². The van der Waals surface area contributed by atoms with Gasteiger partial charge in [0.1, 0.15) is 17.8 Å². The number of hydrogen-bond acceptors (Lipinski definition) is 6. The molecule has 0 spiro atoms. The van der Waals surface area contributed by atoms with Gasteiger partial charge in [-0.3, -0.25) is 0 Å². The molecule has 4 N–H and O–H groups in total. The van der Waals surface area contributed by atoms with Gasteiger partial charge in [-0.15, -0.1) is 0 Å². The minimum Gasteiger partial charge on any atom is -0.393 e. The van der Waals surface area contributed by atoms with E-state index in [1.54, 1.807) is 0 Å². The summed E-state index contributed by atoms with van der Waals surface area (Å²) in [6, 6.07) is 8.30. The Hall–Kier alpha value is -2.34. The van der Waals surface area contributed by atoms with Gasteiger partial charge in [-0.1, -0.05) is 11.6 Å². The van der Waals surface area contributed by atoms with Crippen LogP contribution < -0.4 is 16.4 Å². The van der Waals surface area contributed by atoms with E-state index in [9.17, 15) is 13.2 Å². The molecule has 0 saturated heterocycles. The van der Waals surface area contributed by atoms with Crippen molar-refractivity contribution in [2.24, 2.45) is 0 Å². The van der Waals surface area contributed by atoms with Gasteiger partial charge in [-0.25, -0.2) is 15.0 Å². The first-order valence-electron chi connectivity index (χ1n) is 7.37. The highest BCUT2D eigenvalue weighted by Gasteiger charge is 2.31. The molecule has 0 saturated carbocycles. The minimum absolute atomic E-state index is 0.00437. The third-order valence-electron chi connectivity index (χ3n) is 3.40. The highest BCUT2D eigenvalue weighted by Crippen LogP contribution is 2.34. The van der Waals surface area contributed by atoms with Gasteiger partial charge in [0.2, 0.25) is 0 Å². The maximum Gasteiger partial charge on any atom is 0.417 e. The van der Waals surface area contributed by atoms with Crippen LogP contribution in [-0.4, -0.2) is 15.0 Å². The van der Waals surface area contributed by atoms with Crippen LogP contribution in [0.1, 0.15) is 5.56 Å². The van der Waals surface area contributed by atoms with Crippen LogP contribution in [0.4, 0.5) is 42.0 Å². The number of nitrogens with one attached hydrogen (secondary N) is 2. The quantitative estimate of drug-likeness (QED) is 0.421. The fourth-order valence-corrected chi connectivity index (χ4v) is 2.63. The van der Waals surface area contributed by atoms with E-state index >= 15 is 0 Å². The van der Waals surface area contributed by atoms with E-state index in [1.165, 1.54) is 6.33 Å². The van der Waals surface area contributed by atoms with Crippen LogP contribution in [0.15, 0.2) is 42.9 Å². The molecule has 140 valence electrons. The van der Waals surface area contributed by atoms with Gasteiger partial charge in [0.25, 0.3) is 0 Å². The molecule has 0 amide bonds. The number of nitrogens with zero attached hydrogens (tertiary/aromatic N) is 3. The van der Waals surface area contributed by atoms with Crippen LogP contribution in [0, 0.1) is 3.57 Å². The van der Waals surface area contributed by atoms with Crippen LogP contribution in [0.2, 0.25) is 5.02 Å². The number of hydrogen-bond donors (Lipinski definition) is 3. The second kappa shape index (κ2) is 7.72. The Balaban J connectivity index is 1.85. The van der Waals surface area contributed by atoms with Gasteiger partial charge < -0.3 is 16.4 Å². The summed E-state index contributed by atoms with van der Waals surface area (Å²) in [5, 5.41) is 5.56. The van der Waals surface area contributed by atoms with E-state index in [0.29, 0.717) is 12.0 Å². The average Bonchev–Trinajstić information content (AvgIpc) is 2.61. The van der Waals surface area contributed by atoms with Crippen molar-refractivity contribution in [3.8, 4) is 0 Å². The van der Waals surface area contributed by atoms with Gasteiger partial charge in [-0.2, -0.15) is 13.2 Å². The molecule has 0 fully saturated rings. The first-order valence-corrected chi connectivity index (χ1v) is 8.82. The smallest absolute Gasteiger partial charge is 0.393 e. The van der Waals surface area contributed by atoms with Gasteiger partial charge >= 0.3 is 6.18 Å². The molecule has 11 heteroatoms. The molecule has 0 bridgehead atoms. The monoisotopic (exact) mass is 506 g/mol. The number of nitrogens with two attached hydrogens (primary N) is 1. The van der Waals surface area contributed by atoms with E-state index in [0.717, 1.165) is 15.3 Å². The van der Waals surface area contributed by atoms with E-state index in [-0.39, 0.29) is 22.3 Å². The first kappa shape index (κ1) is 19.4. The molecule has 0 aliphatic carbocycles. The van der Waals surface area contributed by atoms with Crippen LogP contribution in [0.5, 0.6) is 0 Å². The Morgan fingerprint density at radius 2 is 1.59 bits per heavy atom. The van der Waals surface area contributed by atoms with Gasteiger partial charge in [0.15, 0.2) is 11.6 Å². The second-order valence-corrected chi connectivity index (χ2v) is 6.95. The number of anilines is 5. The second-order valence-electron chi connectivity index (χ2n) is 5.29. The van der Waals surface area contributed by atoms with Gasteiger partial charge in [0.05, 0.1) is 10.6 Å². The van der Waals surface area contributed by atoms with Gasteiger partial charge in [0, 0.05) is 15.5 Å². The summed E-state index contributed by atoms with van der Waals surface area (Å²) in [4.78, 5) is 11.8. The lowest BCUT2D eigenvalue weighted by Crippen LogP contribution is -2.08. The molecular weight excluding hydrogens is 496 g/mol. The minimum atomic E-state index is -4.53. The molecule has 3 rings (SSSR count). The van der Waals surface area contributed by atoms with Crippen molar-refractivity contribution in [3.63, 3.8) is 0 Å². The van der Waals surface area contributed by atoms with Crippen molar-refractivity contribution in [1.82, 2.24) is 15.0 Å². The molecule has 0 unspecified atom stereocenters. The number of aromatic nitrogens is 3. The maximum atomic E-state index is 12.7. The largest absolute Gasteiger partial charge is 0.417 e. The SMILES string of the molecule is Nc1c(Nc2ccc(I)cc2)ncnc1Nc1ncc(C(F)(F)F)cc1Cl. The maximum absolute atomic E-state index is 12.7. The zero-order chi connectivity index (χ0) is 19.6. The molecule has 27 heavy (non-hydrogen) atoms. The summed E-state index contributed by atoms with van der Waals surface area (Å²) >= 11 is 8.08. The Kier molecular flexibility index (Phi) is 5.56. The zero-order valence-corrected chi connectivity index (χ0v) is 16.3. The van der Waals surface area contributed by atoms with Crippen molar-refractivity contribution in [3.05, 3.63) is 57.0 Å². The van der Waals surface area contributed by atoms with Gasteiger partial charge in [-0.05, 0) is 52.9 Å². The van der Waals surface area contributed by atoms with Crippen LogP contribution in [0.3, 0.4) is 0 Å². The Morgan fingerprint density at radius 3 is 2.19 bits per heavy atom. The Morgan fingerprint density at radius 1 is 0.963 bits per heavy atom. The standard InChI is InChI=1S/C16H11ClF3IN6/c17-11-5-8(16(18,19)20)6-23-13(11)27-15-12(22)14(24-7-25-15)26-10-3-1-9(21)2-4-10/h1-7H,22H2,(H2,23,24,25,26,27). The third kappa shape index (κ3) is 4.69. The molecule has 0 aliphatic heterocycles. The Labute approximate surface area is 170 Å². The lowest BCUT2D eigenvalue weighted by atomic mass is 10.2. The fourth-order valence-electron chi connectivity index (χ4n) is 2.06. The van der Waals surface area contributed by atoms with Crippen LogP contribution in [0.25, 0.3) is 0 Å². The fraction of sp³-hybridized carbons (Fsp3) is 0.0625. The number of nitrogen functional groups attached to an aromatic ring is 1. The number of halogens is 5. The number of benzene rings is 1. The number of alkyl halides is 3. The molecule has 0 radical (unpaired) electrons. The lowest BCUT2D eigenvalue weighted by molar-refractivity contribution is -0.137. The predicted molar refractivity (Wildman–Crippen MR) is 106 cm³/mol. The summed E-state index contributed by atoms with van der Waals surface area (Å²) in [5.74, 6) is 0.485. The summed E-state index contributed by atoms with van der Waals surface area (Å²) < 4.78 is 39.2. The molecule has 0 atom stereocenters. The molecular formula is C16H11ClF3IN6. The molecule has 0 aliphatic rings. The number of rotatable bonds is 4. The summed E-state index contributed by atoms with van der Waals surface area (Å²) in [6.45, 7) is 0. The molecule has 2 heterocycles. The van der Waals surface area contributed by atoms with Crippen molar-refractivity contribution in [1.29, 1.82) is 0 Å². The van der Waals surface area contributed by atoms with Crippen molar-refractivity contribution in [2.45, 2.75) is 6.18 Å². The normalized spacial score (nSPS) is 11.3. The predicted octanol–water partition coefficient (Wildman–Crippen LogP) is 5.22. The third-order valence-corrected chi connectivity index (χ3v) is 4.40. The first-order chi connectivity index (χ1) is 12.7. The van der Waals surface area contributed by atoms with E-state index in [2.05, 4.69) is 48.2 Å².